The Morgan fingerprint density at radius 1 is 1.53 bits per heavy atom. The van der Waals surface area contributed by atoms with Crippen LogP contribution >= 0.6 is 12.2 Å². The maximum Gasteiger partial charge on any atom is 0.122 e. The normalized spacial score (nSPS) is 19.1. The molecule has 0 atom stereocenters. The minimum absolute atomic E-state index is 0.111. The number of ether oxygens (including phenoxy) is 1. The number of thiocarbonyl (C=S) groups is 1. The summed E-state index contributed by atoms with van der Waals surface area (Å²) in [4.78, 5) is 6.85. The fourth-order valence-electron chi connectivity index (χ4n) is 1.96. The van der Waals surface area contributed by atoms with E-state index in [1.165, 1.54) is 0 Å². The number of nitrogens with zero attached hydrogens (tertiary/aromatic N) is 2. The molecule has 2 heterocycles. The fraction of sp³-hybridized carbons (Fsp3) is 0.500. The van der Waals surface area contributed by atoms with Gasteiger partial charge in [-0.2, -0.15) is 0 Å². The first-order valence-corrected chi connectivity index (χ1v) is 6.03. The van der Waals surface area contributed by atoms with E-state index in [1.807, 2.05) is 18.3 Å². The van der Waals surface area contributed by atoms with Crippen LogP contribution in [0.2, 0.25) is 0 Å². The second-order valence-electron chi connectivity index (χ2n) is 4.80. The number of hydrogen-bond acceptors (Lipinski definition) is 4. The standard InChI is InChI=1S/C12H17N3OS/c1-12(2)8-15(5-6-16-12)9-3-4-10(11(13)17)14-7-9/h3-4,7H,5-6,8H2,1-2H3,(H2,13,17). The molecule has 1 aliphatic rings. The molecule has 2 N–H and O–H groups in total. The lowest BCUT2D eigenvalue weighted by Gasteiger charge is -2.39. The van der Waals surface area contributed by atoms with Gasteiger partial charge in [0.15, 0.2) is 0 Å². The van der Waals surface area contributed by atoms with Gasteiger partial charge in [-0.15, -0.1) is 0 Å². The van der Waals surface area contributed by atoms with Crippen molar-refractivity contribution in [2.24, 2.45) is 5.73 Å². The molecule has 0 saturated carbocycles. The van der Waals surface area contributed by atoms with Crippen molar-refractivity contribution in [3.8, 4) is 0 Å². The molecule has 1 aromatic rings. The molecule has 0 amide bonds. The molecule has 0 unspecified atom stereocenters. The Hall–Kier alpha value is -1.20. The minimum atomic E-state index is -0.111. The third-order valence-corrected chi connectivity index (χ3v) is 3.00. The van der Waals surface area contributed by atoms with Crippen molar-refractivity contribution < 1.29 is 4.74 Å². The van der Waals surface area contributed by atoms with Crippen molar-refractivity contribution in [1.82, 2.24) is 4.98 Å². The van der Waals surface area contributed by atoms with E-state index in [9.17, 15) is 0 Å². The predicted octanol–water partition coefficient (Wildman–Crippen LogP) is 1.33. The van der Waals surface area contributed by atoms with Crippen LogP contribution in [0.1, 0.15) is 19.5 Å². The molecule has 92 valence electrons. The van der Waals surface area contributed by atoms with Crippen LogP contribution in [0.3, 0.4) is 0 Å². The molecule has 1 saturated heterocycles. The number of aromatic nitrogens is 1. The highest BCUT2D eigenvalue weighted by molar-refractivity contribution is 7.80. The van der Waals surface area contributed by atoms with Crippen LogP contribution in [0.5, 0.6) is 0 Å². The molecule has 1 aromatic heterocycles. The fourth-order valence-corrected chi connectivity index (χ4v) is 2.08. The lowest BCUT2D eigenvalue weighted by atomic mass is 10.1. The predicted molar refractivity (Wildman–Crippen MR) is 72.4 cm³/mol. The molecule has 5 heteroatoms. The van der Waals surface area contributed by atoms with Crippen LogP contribution in [0.25, 0.3) is 0 Å². The average Bonchev–Trinajstić information content (AvgIpc) is 2.28. The van der Waals surface area contributed by atoms with Gasteiger partial charge < -0.3 is 15.4 Å². The highest BCUT2D eigenvalue weighted by atomic mass is 32.1. The lowest BCUT2D eigenvalue weighted by molar-refractivity contribution is -0.0277. The number of nitrogens with two attached hydrogens (primary N) is 1. The van der Waals surface area contributed by atoms with E-state index in [0.717, 1.165) is 25.4 Å². The first kappa shape index (κ1) is 12.3. The average molecular weight is 251 g/mol. The van der Waals surface area contributed by atoms with Crippen molar-refractivity contribution in [3.63, 3.8) is 0 Å². The van der Waals surface area contributed by atoms with Crippen LogP contribution in [-0.4, -0.2) is 35.3 Å². The van der Waals surface area contributed by atoms with Crippen LogP contribution in [-0.2, 0) is 4.74 Å². The minimum Gasteiger partial charge on any atom is -0.388 e. The number of hydrogen-bond donors (Lipinski definition) is 1. The zero-order valence-electron chi connectivity index (χ0n) is 10.1. The lowest BCUT2D eigenvalue weighted by Crippen LogP contribution is -2.48. The van der Waals surface area contributed by atoms with Gasteiger partial charge in [0.2, 0.25) is 0 Å². The van der Waals surface area contributed by atoms with Crippen LogP contribution < -0.4 is 10.6 Å². The van der Waals surface area contributed by atoms with E-state index >= 15 is 0 Å². The molecule has 0 spiro atoms. The van der Waals surface area contributed by atoms with Gasteiger partial charge >= 0.3 is 0 Å². The number of rotatable bonds is 2. The molecular weight excluding hydrogens is 234 g/mol. The Morgan fingerprint density at radius 3 is 2.82 bits per heavy atom. The van der Waals surface area contributed by atoms with Gasteiger partial charge in [0.25, 0.3) is 0 Å². The maximum atomic E-state index is 5.68. The summed E-state index contributed by atoms with van der Waals surface area (Å²) < 4.78 is 5.68. The van der Waals surface area contributed by atoms with Gasteiger partial charge in [0, 0.05) is 13.1 Å². The molecule has 2 rings (SSSR count). The molecule has 4 nitrogen and oxygen atoms in total. The van der Waals surface area contributed by atoms with Crippen LogP contribution in [0.4, 0.5) is 5.69 Å². The molecule has 0 bridgehead atoms. The summed E-state index contributed by atoms with van der Waals surface area (Å²) in [5.41, 5.74) is 7.16. The summed E-state index contributed by atoms with van der Waals surface area (Å²) in [5, 5.41) is 0. The monoisotopic (exact) mass is 251 g/mol. The third-order valence-electron chi connectivity index (χ3n) is 2.79. The summed E-state index contributed by atoms with van der Waals surface area (Å²) >= 11 is 4.88. The van der Waals surface area contributed by atoms with Gasteiger partial charge in [-0.25, -0.2) is 0 Å². The Morgan fingerprint density at radius 2 is 2.29 bits per heavy atom. The zero-order valence-corrected chi connectivity index (χ0v) is 11.0. The van der Waals surface area contributed by atoms with Gasteiger partial charge in [-0.05, 0) is 26.0 Å². The molecule has 0 radical (unpaired) electrons. The first-order valence-electron chi connectivity index (χ1n) is 5.63. The zero-order chi connectivity index (χ0) is 12.5. The van der Waals surface area contributed by atoms with Crippen molar-refractivity contribution in [1.29, 1.82) is 0 Å². The number of pyridine rings is 1. The van der Waals surface area contributed by atoms with Gasteiger partial charge in [-0.1, -0.05) is 12.2 Å². The smallest absolute Gasteiger partial charge is 0.122 e. The van der Waals surface area contributed by atoms with Crippen molar-refractivity contribution in [3.05, 3.63) is 24.0 Å². The summed E-state index contributed by atoms with van der Waals surface area (Å²) in [7, 11) is 0. The summed E-state index contributed by atoms with van der Waals surface area (Å²) in [5.74, 6) is 0. The molecule has 0 aromatic carbocycles. The summed E-state index contributed by atoms with van der Waals surface area (Å²) in [6.07, 6.45) is 1.82. The number of anilines is 1. The summed E-state index contributed by atoms with van der Waals surface area (Å²) in [6.45, 7) is 6.68. The Bertz CT molecular complexity index is 416. The Labute approximate surface area is 107 Å². The summed E-state index contributed by atoms with van der Waals surface area (Å²) in [6, 6.07) is 3.86. The molecule has 0 aliphatic carbocycles. The molecular formula is C12H17N3OS. The van der Waals surface area contributed by atoms with E-state index in [4.69, 9.17) is 22.7 Å². The van der Waals surface area contributed by atoms with Crippen molar-refractivity contribution in [2.75, 3.05) is 24.6 Å². The maximum absolute atomic E-state index is 5.68. The van der Waals surface area contributed by atoms with Gasteiger partial charge in [0.1, 0.15) is 4.99 Å². The number of morpholine rings is 1. The van der Waals surface area contributed by atoms with E-state index in [0.29, 0.717) is 10.7 Å². The van der Waals surface area contributed by atoms with E-state index in [-0.39, 0.29) is 5.60 Å². The van der Waals surface area contributed by atoms with Gasteiger partial charge in [-0.3, -0.25) is 4.98 Å². The molecule has 1 aliphatic heterocycles. The Balaban J connectivity index is 2.14. The van der Waals surface area contributed by atoms with Crippen LogP contribution in [0, 0.1) is 0 Å². The quantitative estimate of drug-likeness (QED) is 0.804. The van der Waals surface area contributed by atoms with Crippen molar-refractivity contribution >= 4 is 22.9 Å². The van der Waals surface area contributed by atoms with E-state index < -0.39 is 0 Å². The Kier molecular flexibility index (Phi) is 3.31. The third kappa shape index (κ3) is 2.92. The molecule has 17 heavy (non-hydrogen) atoms. The largest absolute Gasteiger partial charge is 0.388 e. The molecule has 1 fully saturated rings. The highest BCUT2D eigenvalue weighted by Gasteiger charge is 2.27. The van der Waals surface area contributed by atoms with Crippen molar-refractivity contribution in [2.45, 2.75) is 19.4 Å². The second kappa shape index (κ2) is 4.58. The van der Waals surface area contributed by atoms with Gasteiger partial charge in [0.05, 0.1) is 29.8 Å². The topological polar surface area (TPSA) is 51.4 Å². The first-order chi connectivity index (χ1) is 7.98. The van der Waals surface area contributed by atoms with E-state index in [1.54, 1.807) is 0 Å². The van der Waals surface area contributed by atoms with Crippen LogP contribution in [0.15, 0.2) is 18.3 Å². The van der Waals surface area contributed by atoms with E-state index in [2.05, 4.69) is 23.7 Å². The SMILES string of the molecule is CC1(C)CN(c2ccc(C(N)=S)nc2)CCO1. The highest BCUT2D eigenvalue weighted by Crippen LogP contribution is 2.22. The second-order valence-corrected chi connectivity index (χ2v) is 5.24.